The smallest absolute Gasteiger partial charge is 0.163 e. The minimum absolute atomic E-state index is 0.357. The summed E-state index contributed by atoms with van der Waals surface area (Å²) in [5, 5.41) is 4.72. The number of fused-ring (bicyclic) bond motifs is 2. The maximum absolute atomic E-state index is 5.69. The van der Waals surface area contributed by atoms with Crippen molar-refractivity contribution < 1.29 is 9.47 Å². The van der Waals surface area contributed by atoms with E-state index >= 15 is 0 Å². The molecule has 7 heteroatoms. The molecule has 7 nitrogen and oxygen atoms in total. The average Bonchev–Trinajstić information content (AvgIpc) is 3.17. The molecule has 1 aromatic carbocycles. The molecule has 2 aliphatic heterocycles. The molecule has 5 rings (SSSR count). The molecule has 2 N–H and O–H groups in total. The second-order valence-corrected chi connectivity index (χ2v) is 6.73. The van der Waals surface area contributed by atoms with Gasteiger partial charge >= 0.3 is 0 Å². The summed E-state index contributed by atoms with van der Waals surface area (Å²) in [5.74, 6) is 2.64. The first-order valence-electron chi connectivity index (χ1n) is 9.06. The molecule has 2 aliphatic rings. The minimum Gasteiger partial charge on any atom is -0.486 e. The van der Waals surface area contributed by atoms with E-state index < -0.39 is 0 Å². The highest BCUT2D eigenvalue weighted by Gasteiger charge is 2.23. The Labute approximate surface area is 151 Å². The van der Waals surface area contributed by atoms with Gasteiger partial charge in [0, 0.05) is 37.1 Å². The molecule has 26 heavy (non-hydrogen) atoms. The third-order valence-corrected chi connectivity index (χ3v) is 4.97. The topological polar surface area (TPSA) is 75.3 Å². The Balaban J connectivity index is 1.34. The number of anilines is 2. The number of aromatic amines is 1. The predicted molar refractivity (Wildman–Crippen MR) is 100 cm³/mol. The van der Waals surface area contributed by atoms with E-state index in [9.17, 15) is 0 Å². The molecule has 0 saturated carbocycles. The normalized spacial score (nSPS) is 19.5. The number of nitrogens with one attached hydrogen (secondary N) is 2. The standard InChI is InChI=1S/C19H21N5O2/c1-2-14(23-13-3-4-16-17(10-13)26-9-8-25-16)11-24(7-1)19-15-5-6-20-18(15)21-12-22-19/h3-6,10,12,14,23H,1-2,7-9,11H2,(H,20,21,22)/t14-/m0/s1. The lowest BCUT2D eigenvalue weighted by Gasteiger charge is -2.34. The molecule has 4 heterocycles. The van der Waals surface area contributed by atoms with Crippen molar-refractivity contribution in [3.63, 3.8) is 0 Å². The van der Waals surface area contributed by atoms with Crippen LogP contribution in [0.2, 0.25) is 0 Å². The zero-order chi connectivity index (χ0) is 17.3. The van der Waals surface area contributed by atoms with E-state index in [1.54, 1.807) is 6.33 Å². The summed E-state index contributed by atoms with van der Waals surface area (Å²) in [6.45, 7) is 3.14. The maximum Gasteiger partial charge on any atom is 0.163 e. The van der Waals surface area contributed by atoms with Crippen molar-refractivity contribution in [3.8, 4) is 11.5 Å². The lowest BCUT2D eigenvalue weighted by Crippen LogP contribution is -2.42. The largest absolute Gasteiger partial charge is 0.486 e. The summed E-state index contributed by atoms with van der Waals surface area (Å²) >= 11 is 0. The number of hydrogen-bond donors (Lipinski definition) is 2. The molecule has 3 aromatic rings. The Bertz CT molecular complexity index is 925. The first-order chi connectivity index (χ1) is 12.9. The van der Waals surface area contributed by atoms with E-state index in [-0.39, 0.29) is 0 Å². The van der Waals surface area contributed by atoms with Crippen LogP contribution in [0.3, 0.4) is 0 Å². The quantitative estimate of drug-likeness (QED) is 0.756. The van der Waals surface area contributed by atoms with Crippen LogP contribution in [-0.2, 0) is 0 Å². The van der Waals surface area contributed by atoms with Crippen LogP contribution in [0.25, 0.3) is 11.0 Å². The highest BCUT2D eigenvalue weighted by atomic mass is 16.6. The van der Waals surface area contributed by atoms with E-state index in [0.717, 1.165) is 60.0 Å². The third kappa shape index (κ3) is 2.79. The summed E-state index contributed by atoms with van der Waals surface area (Å²) in [6.07, 6.45) is 5.80. The number of ether oxygens (including phenoxy) is 2. The van der Waals surface area contributed by atoms with Crippen LogP contribution >= 0.6 is 0 Å². The van der Waals surface area contributed by atoms with Gasteiger partial charge in [-0.3, -0.25) is 0 Å². The molecule has 1 atom stereocenters. The van der Waals surface area contributed by atoms with Gasteiger partial charge in [0.05, 0.1) is 5.39 Å². The Morgan fingerprint density at radius 1 is 1.12 bits per heavy atom. The molecule has 134 valence electrons. The molecule has 0 amide bonds. The van der Waals surface area contributed by atoms with Crippen LogP contribution in [-0.4, -0.2) is 47.3 Å². The first-order valence-corrected chi connectivity index (χ1v) is 9.06. The number of piperidine rings is 1. The zero-order valence-electron chi connectivity index (χ0n) is 14.4. The first kappa shape index (κ1) is 15.3. The number of aromatic nitrogens is 3. The summed E-state index contributed by atoms with van der Waals surface area (Å²) < 4.78 is 11.3. The Morgan fingerprint density at radius 3 is 3.00 bits per heavy atom. The van der Waals surface area contributed by atoms with Crippen molar-refractivity contribution in [1.82, 2.24) is 15.0 Å². The van der Waals surface area contributed by atoms with Crippen molar-refractivity contribution in [2.75, 3.05) is 36.5 Å². The van der Waals surface area contributed by atoms with Gasteiger partial charge in [0.1, 0.15) is 31.0 Å². The van der Waals surface area contributed by atoms with E-state index in [2.05, 4.69) is 31.2 Å². The van der Waals surface area contributed by atoms with Gasteiger partial charge in [-0.2, -0.15) is 0 Å². The van der Waals surface area contributed by atoms with Gasteiger partial charge in [-0.25, -0.2) is 9.97 Å². The third-order valence-electron chi connectivity index (χ3n) is 4.97. The number of H-pyrrole nitrogens is 1. The highest BCUT2D eigenvalue weighted by molar-refractivity contribution is 5.87. The molecule has 0 radical (unpaired) electrons. The maximum atomic E-state index is 5.69. The number of hydrogen-bond acceptors (Lipinski definition) is 6. The van der Waals surface area contributed by atoms with Gasteiger partial charge in [-0.15, -0.1) is 0 Å². The zero-order valence-corrected chi connectivity index (χ0v) is 14.4. The van der Waals surface area contributed by atoms with Gasteiger partial charge in [0.15, 0.2) is 11.5 Å². The molecule has 0 spiro atoms. The molecular weight excluding hydrogens is 330 g/mol. The Kier molecular flexibility index (Phi) is 3.77. The van der Waals surface area contributed by atoms with Crippen LogP contribution in [0.1, 0.15) is 12.8 Å². The second kappa shape index (κ2) is 6.40. The average molecular weight is 351 g/mol. The monoisotopic (exact) mass is 351 g/mol. The fourth-order valence-electron chi connectivity index (χ4n) is 3.77. The number of benzene rings is 1. The van der Waals surface area contributed by atoms with Gasteiger partial charge in [0.25, 0.3) is 0 Å². The lowest BCUT2D eigenvalue weighted by atomic mass is 10.0. The molecule has 0 aliphatic carbocycles. The molecule has 2 aromatic heterocycles. The highest BCUT2D eigenvalue weighted by Crippen LogP contribution is 2.33. The van der Waals surface area contributed by atoms with Crippen molar-refractivity contribution in [1.29, 1.82) is 0 Å². The minimum atomic E-state index is 0.357. The van der Waals surface area contributed by atoms with Crippen LogP contribution < -0.4 is 19.7 Å². The van der Waals surface area contributed by atoms with Gasteiger partial charge < -0.3 is 24.7 Å². The molecule has 1 fully saturated rings. The second-order valence-electron chi connectivity index (χ2n) is 6.73. The van der Waals surface area contributed by atoms with Crippen molar-refractivity contribution in [2.45, 2.75) is 18.9 Å². The van der Waals surface area contributed by atoms with E-state index in [0.29, 0.717) is 19.3 Å². The van der Waals surface area contributed by atoms with E-state index in [1.807, 2.05) is 24.4 Å². The number of rotatable bonds is 3. The summed E-state index contributed by atoms with van der Waals surface area (Å²) in [5.41, 5.74) is 1.95. The fraction of sp³-hybridized carbons (Fsp3) is 0.368. The van der Waals surface area contributed by atoms with E-state index in [1.165, 1.54) is 0 Å². The fourth-order valence-corrected chi connectivity index (χ4v) is 3.77. The van der Waals surface area contributed by atoms with Crippen LogP contribution in [0, 0.1) is 0 Å². The van der Waals surface area contributed by atoms with Crippen LogP contribution in [0.5, 0.6) is 11.5 Å². The van der Waals surface area contributed by atoms with Gasteiger partial charge in [-0.05, 0) is 31.0 Å². The summed E-state index contributed by atoms with van der Waals surface area (Å²) in [6, 6.07) is 8.47. The Morgan fingerprint density at radius 2 is 2.04 bits per heavy atom. The van der Waals surface area contributed by atoms with Crippen molar-refractivity contribution in [2.24, 2.45) is 0 Å². The van der Waals surface area contributed by atoms with Gasteiger partial charge in [-0.1, -0.05) is 0 Å². The summed E-state index contributed by atoms with van der Waals surface area (Å²) in [4.78, 5) is 14.3. The lowest BCUT2D eigenvalue weighted by molar-refractivity contribution is 0.171. The molecule has 0 unspecified atom stereocenters. The molecule has 0 bridgehead atoms. The van der Waals surface area contributed by atoms with Crippen molar-refractivity contribution >= 4 is 22.5 Å². The molecule has 1 saturated heterocycles. The van der Waals surface area contributed by atoms with Gasteiger partial charge in [0.2, 0.25) is 0 Å². The molecular formula is C19H21N5O2. The predicted octanol–water partition coefficient (Wildman–Crippen LogP) is 2.81. The SMILES string of the molecule is c1nc(N2CCC[C@H](Nc3ccc4c(c3)OCCO4)C2)c2cc[nH]c2n1. The van der Waals surface area contributed by atoms with Crippen LogP contribution in [0.15, 0.2) is 36.8 Å². The van der Waals surface area contributed by atoms with E-state index in [4.69, 9.17) is 9.47 Å². The summed E-state index contributed by atoms with van der Waals surface area (Å²) in [7, 11) is 0. The van der Waals surface area contributed by atoms with Crippen molar-refractivity contribution in [3.05, 3.63) is 36.8 Å². The van der Waals surface area contributed by atoms with Crippen LogP contribution in [0.4, 0.5) is 11.5 Å². The number of nitrogens with zero attached hydrogens (tertiary/aromatic N) is 3. The Hall–Kier alpha value is -2.96.